The van der Waals surface area contributed by atoms with Crippen molar-refractivity contribution in [1.82, 2.24) is 0 Å². The summed E-state index contributed by atoms with van der Waals surface area (Å²) >= 11 is 0. The van der Waals surface area contributed by atoms with Crippen molar-refractivity contribution >= 4 is 17.3 Å². The Morgan fingerprint density at radius 3 is 2.60 bits per heavy atom. The van der Waals surface area contributed by atoms with E-state index in [2.05, 4.69) is 29.3 Å². The lowest BCUT2D eigenvalue weighted by molar-refractivity contribution is -0.118. The average Bonchev–Trinajstić information content (AvgIpc) is 3.01. The third kappa shape index (κ3) is 4.53. The smallest absolute Gasteiger partial charge is 0.262 e. The summed E-state index contributed by atoms with van der Waals surface area (Å²) in [5, 5.41) is 2.89. The Morgan fingerprint density at radius 1 is 1.20 bits per heavy atom. The number of ether oxygens (including phenoxy) is 1. The van der Waals surface area contributed by atoms with Crippen molar-refractivity contribution in [2.45, 2.75) is 27.2 Å². The molecule has 4 heteroatoms. The van der Waals surface area contributed by atoms with Crippen LogP contribution in [0.3, 0.4) is 0 Å². The van der Waals surface area contributed by atoms with Crippen LogP contribution in [0.4, 0.5) is 11.4 Å². The van der Waals surface area contributed by atoms with Gasteiger partial charge in [0.2, 0.25) is 0 Å². The van der Waals surface area contributed by atoms with Crippen LogP contribution in [-0.4, -0.2) is 25.6 Å². The van der Waals surface area contributed by atoms with Crippen LogP contribution in [-0.2, 0) is 4.79 Å². The molecule has 0 aliphatic carbocycles. The number of hydrogen-bond acceptors (Lipinski definition) is 3. The maximum absolute atomic E-state index is 12.1. The number of aryl methyl sites for hydroxylation is 2. The Kier molecular flexibility index (Phi) is 5.27. The molecular weight excluding hydrogens is 312 g/mol. The highest BCUT2D eigenvalue weighted by Crippen LogP contribution is 2.25. The lowest BCUT2D eigenvalue weighted by Crippen LogP contribution is -2.21. The minimum absolute atomic E-state index is 0.00922. The molecular formula is C21H26N2O2. The van der Waals surface area contributed by atoms with Crippen molar-refractivity contribution in [3.63, 3.8) is 0 Å². The molecule has 4 nitrogen and oxygen atoms in total. The van der Waals surface area contributed by atoms with Crippen molar-refractivity contribution in [2.24, 2.45) is 5.92 Å². The molecule has 25 heavy (non-hydrogen) atoms. The van der Waals surface area contributed by atoms with Gasteiger partial charge in [0.1, 0.15) is 5.75 Å². The Bertz CT molecular complexity index is 740. The van der Waals surface area contributed by atoms with E-state index in [0.717, 1.165) is 36.0 Å². The first kappa shape index (κ1) is 17.3. The number of carbonyl (C=O) groups is 1. The zero-order valence-electron chi connectivity index (χ0n) is 15.2. The third-order valence-electron chi connectivity index (χ3n) is 4.63. The first-order chi connectivity index (χ1) is 12.0. The fraction of sp³-hybridized carbons (Fsp3) is 0.381. The third-order valence-corrected chi connectivity index (χ3v) is 4.63. The highest BCUT2D eigenvalue weighted by molar-refractivity contribution is 5.92. The normalized spacial score (nSPS) is 16.8. The molecule has 1 unspecified atom stereocenters. The number of amides is 1. The zero-order valence-corrected chi connectivity index (χ0v) is 15.2. The lowest BCUT2D eigenvalue weighted by atomic mass is 10.1. The van der Waals surface area contributed by atoms with E-state index in [1.807, 2.05) is 44.2 Å². The van der Waals surface area contributed by atoms with Gasteiger partial charge in [0.15, 0.2) is 6.61 Å². The maximum Gasteiger partial charge on any atom is 0.262 e. The van der Waals surface area contributed by atoms with E-state index >= 15 is 0 Å². The molecule has 1 fully saturated rings. The van der Waals surface area contributed by atoms with Crippen LogP contribution < -0.4 is 15.0 Å². The van der Waals surface area contributed by atoms with E-state index in [9.17, 15) is 4.79 Å². The second kappa shape index (κ2) is 7.60. The molecule has 0 saturated carbocycles. The highest BCUT2D eigenvalue weighted by atomic mass is 16.5. The van der Waals surface area contributed by atoms with Crippen LogP contribution in [0.5, 0.6) is 5.75 Å². The fourth-order valence-corrected chi connectivity index (χ4v) is 3.23. The highest BCUT2D eigenvalue weighted by Gasteiger charge is 2.18. The molecule has 0 aromatic heterocycles. The molecule has 1 saturated heterocycles. The number of benzene rings is 2. The molecule has 2 aromatic rings. The second-order valence-electron chi connectivity index (χ2n) is 6.99. The molecule has 3 rings (SSSR count). The molecule has 0 spiro atoms. The summed E-state index contributed by atoms with van der Waals surface area (Å²) < 4.78 is 5.62. The van der Waals surface area contributed by atoms with Crippen LogP contribution in [0.15, 0.2) is 42.5 Å². The molecule has 132 valence electrons. The number of anilines is 2. The van der Waals surface area contributed by atoms with Gasteiger partial charge >= 0.3 is 0 Å². The van der Waals surface area contributed by atoms with Crippen molar-refractivity contribution in [3.8, 4) is 5.75 Å². The van der Waals surface area contributed by atoms with Gasteiger partial charge < -0.3 is 15.0 Å². The van der Waals surface area contributed by atoms with E-state index in [1.54, 1.807) is 0 Å². The molecule has 0 radical (unpaired) electrons. The Morgan fingerprint density at radius 2 is 1.96 bits per heavy atom. The molecule has 2 aromatic carbocycles. The standard InChI is InChI=1S/C21H26N2O2/c1-15-4-9-20(17(3)12-15)25-14-21(24)22-18-5-7-19(8-6-18)23-11-10-16(2)13-23/h4-9,12,16H,10-11,13-14H2,1-3H3,(H,22,24). The lowest BCUT2D eigenvalue weighted by Gasteiger charge is -2.18. The molecule has 1 aliphatic rings. The molecule has 0 bridgehead atoms. The van der Waals surface area contributed by atoms with Gasteiger partial charge in [-0.2, -0.15) is 0 Å². The second-order valence-corrected chi connectivity index (χ2v) is 6.99. The van der Waals surface area contributed by atoms with E-state index in [0.29, 0.717) is 0 Å². The molecule has 1 amide bonds. The number of hydrogen-bond donors (Lipinski definition) is 1. The van der Waals surface area contributed by atoms with E-state index < -0.39 is 0 Å². The number of rotatable bonds is 5. The molecule has 1 N–H and O–H groups in total. The summed E-state index contributed by atoms with van der Waals surface area (Å²) in [7, 11) is 0. The van der Waals surface area contributed by atoms with Gasteiger partial charge in [0.25, 0.3) is 5.91 Å². The minimum atomic E-state index is -0.150. The number of nitrogens with zero attached hydrogens (tertiary/aromatic N) is 1. The number of carbonyl (C=O) groups excluding carboxylic acids is 1. The predicted octanol–water partition coefficient (Wildman–Crippen LogP) is 4.17. The zero-order chi connectivity index (χ0) is 17.8. The van der Waals surface area contributed by atoms with Gasteiger partial charge in [-0.05, 0) is 62.1 Å². The molecule has 1 atom stereocenters. The average molecular weight is 338 g/mol. The van der Waals surface area contributed by atoms with Crippen LogP contribution in [0.1, 0.15) is 24.5 Å². The monoisotopic (exact) mass is 338 g/mol. The van der Waals surface area contributed by atoms with E-state index in [1.165, 1.54) is 17.7 Å². The van der Waals surface area contributed by atoms with Crippen LogP contribution in [0, 0.1) is 19.8 Å². The van der Waals surface area contributed by atoms with Gasteiger partial charge in [-0.15, -0.1) is 0 Å². The molecule has 1 aliphatic heterocycles. The van der Waals surface area contributed by atoms with Gasteiger partial charge in [-0.25, -0.2) is 0 Å². The summed E-state index contributed by atoms with van der Waals surface area (Å²) in [6.07, 6.45) is 1.24. The SMILES string of the molecule is Cc1ccc(OCC(=O)Nc2ccc(N3CCC(C)C3)cc2)c(C)c1. The number of nitrogens with one attached hydrogen (secondary N) is 1. The predicted molar refractivity (Wildman–Crippen MR) is 102 cm³/mol. The van der Waals surface area contributed by atoms with Crippen LogP contribution >= 0.6 is 0 Å². The van der Waals surface area contributed by atoms with Gasteiger partial charge in [0, 0.05) is 24.5 Å². The fourth-order valence-electron chi connectivity index (χ4n) is 3.23. The quantitative estimate of drug-likeness (QED) is 0.890. The van der Waals surface area contributed by atoms with Crippen molar-refractivity contribution in [2.75, 3.05) is 29.9 Å². The van der Waals surface area contributed by atoms with E-state index in [4.69, 9.17) is 4.74 Å². The van der Waals surface area contributed by atoms with E-state index in [-0.39, 0.29) is 12.5 Å². The van der Waals surface area contributed by atoms with Gasteiger partial charge in [-0.1, -0.05) is 24.6 Å². The van der Waals surface area contributed by atoms with Crippen LogP contribution in [0.2, 0.25) is 0 Å². The summed E-state index contributed by atoms with van der Waals surface area (Å²) in [4.78, 5) is 14.5. The first-order valence-corrected chi connectivity index (χ1v) is 8.86. The minimum Gasteiger partial charge on any atom is -0.483 e. The van der Waals surface area contributed by atoms with Crippen molar-refractivity contribution in [3.05, 3.63) is 53.6 Å². The Labute approximate surface area is 149 Å². The summed E-state index contributed by atoms with van der Waals surface area (Å²) in [6, 6.07) is 14.0. The van der Waals surface area contributed by atoms with Gasteiger partial charge in [0.05, 0.1) is 0 Å². The van der Waals surface area contributed by atoms with Gasteiger partial charge in [-0.3, -0.25) is 4.79 Å². The van der Waals surface area contributed by atoms with Crippen molar-refractivity contribution in [1.29, 1.82) is 0 Å². The first-order valence-electron chi connectivity index (χ1n) is 8.86. The summed E-state index contributed by atoms with van der Waals surface area (Å²) in [5.74, 6) is 1.35. The maximum atomic E-state index is 12.1. The van der Waals surface area contributed by atoms with Crippen LogP contribution in [0.25, 0.3) is 0 Å². The Balaban J connectivity index is 1.52. The summed E-state index contributed by atoms with van der Waals surface area (Å²) in [5.41, 5.74) is 4.23. The largest absolute Gasteiger partial charge is 0.483 e. The summed E-state index contributed by atoms with van der Waals surface area (Å²) in [6.45, 7) is 8.53. The Hall–Kier alpha value is -2.49. The molecule has 1 heterocycles. The van der Waals surface area contributed by atoms with Crippen molar-refractivity contribution < 1.29 is 9.53 Å². The topological polar surface area (TPSA) is 41.6 Å².